The molecule has 0 aliphatic carbocycles. The first-order valence-corrected chi connectivity index (χ1v) is 7.15. The molecular weight excluding hydrogens is 318 g/mol. The fourth-order valence-electron chi connectivity index (χ4n) is 2.61. The summed E-state index contributed by atoms with van der Waals surface area (Å²) in [5.41, 5.74) is 5.68. The van der Waals surface area contributed by atoms with Crippen molar-refractivity contribution in [2.45, 2.75) is 61.3 Å². The van der Waals surface area contributed by atoms with Crippen molar-refractivity contribution >= 4 is 0 Å². The van der Waals surface area contributed by atoms with E-state index in [4.69, 9.17) is 30.2 Å². The Hall–Kier alpha value is -0.440. The van der Waals surface area contributed by atoms with Crippen molar-refractivity contribution in [3.05, 3.63) is 0 Å². The molecule has 0 aromatic carbocycles. The molecule has 0 spiro atoms. The molecule has 0 radical (unpaired) electrons. The largest absolute Gasteiger partial charge is 0.394 e. The lowest BCUT2D eigenvalue weighted by Gasteiger charge is -2.45. The van der Waals surface area contributed by atoms with E-state index in [1.54, 1.807) is 0 Å². The van der Waals surface area contributed by atoms with Gasteiger partial charge in [-0.15, -0.1) is 0 Å². The highest BCUT2D eigenvalue weighted by molar-refractivity contribution is 4.95. The van der Waals surface area contributed by atoms with E-state index in [-0.39, 0.29) is 0 Å². The van der Waals surface area contributed by atoms with Crippen molar-refractivity contribution < 1.29 is 50.0 Å². The molecule has 11 nitrogen and oxygen atoms in total. The van der Waals surface area contributed by atoms with Crippen molar-refractivity contribution in [3.8, 4) is 0 Å². The van der Waals surface area contributed by atoms with Crippen molar-refractivity contribution in [1.29, 1.82) is 0 Å². The average molecular weight is 341 g/mol. The number of hydrogen-bond acceptors (Lipinski definition) is 11. The smallest absolute Gasteiger partial charge is 0.187 e. The lowest BCUT2D eigenvalue weighted by molar-refractivity contribution is -0.340. The highest BCUT2D eigenvalue weighted by Crippen LogP contribution is 2.27. The van der Waals surface area contributed by atoms with Gasteiger partial charge in [-0.05, 0) is 0 Å². The third kappa shape index (κ3) is 3.65. The number of aliphatic hydroxyl groups excluding tert-OH is 7. The van der Waals surface area contributed by atoms with Gasteiger partial charge in [-0.25, -0.2) is 0 Å². The first kappa shape index (κ1) is 18.9. The van der Waals surface area contributed by atoms with Gasteiger partial charge in [0.15, 0.2) is 12.6 Å². The molecule has 0 saturated carbocycles. The summed E-state index contributed by atoms with van der Waals surface area (Å²) in [6.07, 6.45) is -13.0. The van der Waals surface area contributed by atoms with Crippen LogP contribution in [0.5, 0.6) is 0 Å². The van der Waals surface area contributed by atoms with E-state index in [1.807, 2.05) is 0 Å². The van der Waals surface area contributed by atoms with Gasteiger partial charge in [-0.1, -0.05) is 0 Å². The van der Waals surface area contributed by atoms with Crippen LogP contribution in [0.1, 0.15) is 0 Å². The van der Waals surface area contributed by atoms with Crippen LogP contribution < -0.4 is 5.73 Å². The second-order valence-corrected chi connectivity index (χ2v) is 5.61. The summed E-state index contributed by atoms with van der Waals surface area (Å²) in [6, 6.07) is -1.22. The molecule has 0 aromatic heterocycles. The quantitative estimate of drug-likeness (QED) is 0.243. The molecule has 0 amide bonds. The number of hydrogen-bond donors (Lipinski definition) is 8. The van der Waals surface area contributed by atoms with Crippen LogP contribution in [0.2, 0.25) is 0 Å². The Kier molecular flexibility index (Phi) is 6.27. The zero-order valence-electron chi connectivity index (χ0n) is 12.1. The minimum atomic E-state index is -1.68. The maximum atomic E-state index is 10.1. The summed E-state index contributed by atoms with van der Waals surface area (Å²) in [6.45, 7) is -1.26. The molecule has 23 heavy (non-hydrogen) atoms. The highest BCUT2D eigenvalue weighted by atomic mass is 16.7. The Balaban J connectivity index is 2.11. The molecule has 0 aromatic rings. The molecule has 2 rings (SSSR count). The fraction of sp³-hybridized carbons (Fsp3) is 1.00. The number of rotatable bonds is 4. The molecular formula is C12H23NO10. The molecule has 0 bridgehead atoms. The van der Waals surface area contributed by atoms with Gasteiger partial charge in [-0.3, -0.25) is 0 Å². The Bertz CT molecular complexity index is 385. The van der Waals surface area contributed by atoms with Crippen LogP contribution in [-0.2, 0) is 14.2 Å². The second kappa shape index (κ2) is 7.63. The summed E-state index contributed by atoms with van der Waals surface area (Å²) in [5, 5.41) is 67.3. The van der Waals surface area contributed by atoms with E-state index < -0.39 is 74.6 Å². The first-order chi connectivity index (χ1) is 10.8. The normalized spacial score (nSPS) is 51.7. The lowest BCUT2D eigenvalue weighted by atomic mass is 9.96. The monoisotopic (exact) mass is 341 g/mol. The van der Waals surface area contributed by atoms with Crippen molar-refractivity contribution in [1.82, 2.24) is 0 Å². The molecule has 2 aliphatic heterocycles. The number of aliphatic hydroxyl groups is 7. The van der Waals surface area contributed by atoms with E-state index >= 15 is 0 Å². The van der Waals surface area contributed by atoms with Gasteiger partial charge in [0, 0.05) is 0 Å². The zero-order valence-corrected chi connectivity index (χ0v) is 12.1. The van der Waals surface area contributed by atoms with Gasteiger partial charge in [-0.2, -0.15) is 0 Å². The summed E-state index contributed by atoms with van der Waals surface area (Å²) in [7, 11) is 0. The van der Waals surface area contributed by atoms with Crippen molar-refractivity contribution in [3.63, 3.8) is 0 Å². The fourth-order valence-corrected chi connectivity index (χ4v) is 2.61. The van der Waals surface area contributed by atoms with Gasteiger partial charge >= 0.3 is 0 Å². The van der Waals surface area contributed by atoms with Crippen LogP contribution in [0.4, 0.5) is 0 Å². The molecule has 2 saturated heterocycles. The number of nitrogens with two attached hydrogens (primary N) is 1. The lowest BCUT2D eigenvalue weighted by Crippen LogP contribution is -2.66. The van der Waals surface area contributed by atoms with Gasteiger partial charge in [0.05, 0.1) is 19.3 Å². The average Bonchev–Trinajstić information content (AvgIpc) is 2.54. The second-order valence-electron chi connectivity index (χ2n) is 5.61. The topological polar surface area (TPSA) is 195 Å². The highest BCUT2D eigenvalue weighted by Gasteiger charge is 2.49. The van der Waals surface area contributed by atoms with Gasteiger partial charge < -0.3 is 55.7 Å². The standard InChI is InChI=1S/C12H23NO10/c13-5-10(7(17)4(2-15)21-11(5)20)23-12-9(19)8(18)6(16)3(1-14)22-12/h3-12,14-20H,1-2,13H2/t3-,4-,5-,6+,7-,8+,9-,10-,11?,12+/m1/s1. The number of ether oxygens (including phenoxy) is 3. The molecule has 2 heterocycles. The van der Waals surface area contributed by atoms with E-state index in [1.165, 1.54) is 0 Å². The van der Waals surface area contributed by atoms with Gasteiger partial charge in [0.2, 0.25) is 0 Å². The molecule has 9 N–H and O–H groups in total. The Labute approximate surface area is 131 Å². The minimum absolute atomic E-state index is 0.612. The Morgan fingerprint density at radius 2 is 1.35 bits per heavy atom. The van der Waals surface area contributed by atoms with Crippen LogP contribution >= 0.6 is 0 Å². The van der Waals surface area contributed by atoms with E-state index in [0.717, 1.165) is 0 Å². The van der Waals surface area contributed by atoms with E-state index in [0.29, 0.717) is 0 Å². The molecule has 11 heteroatoms. The minimum Gasteiger partial charge on any atom is -0.394 e. The van der Waals surface area contributed by atoms with Crippen LogP contribution in [0.3, 0.4) is 0 Å². The van der Waals surface area contributed by atoms with Crippen LogP contribution in [0.25, 0.3) is 0 Å². The maximum absolute atomic E-state index is 10.1. The predicted molar refractivity (Wildman–Crippen MR) is 70.6 cm³/mol. The summed E-state index contributed by atoms with van der Waals surface area (Å²) in [5.74, 6) is 0. The van der Waals surface area contributed by atoms with Crippen LogP contribution in [0.15, 0.2) is 0 Å². The Morgan fingerprint density at radius 3 is 1.91 bits per heavy atom. The van der Waals surface area contributed by atoms with E-state index in [2.05, 4.69) is 0 Å². The third-order valence-corrected chi connectivity index (χ3v) is 4.06. The van der Waals surface area contributed by atoms with Crippen LogP contribution in [0, 0.1) is 0 Å². The van der Waals surface area contributed by atoms with Crippen molar-refractivity contribution in [2.75, 3.05) is 13.2 Å². The predicted octanol–water partition coefficient (Wildman–Crippen LogP) is -5.43. The zero-order chi connectivity index (χ0) is 17.3. The maximum Gasteiger partial charge on any atom is 0.187 e. The molecule has 1 unspecified atom stereocenters. The SMILES string of the molecule is N[C@H]1C(O)O[C@H](CO)[C@@H](O)[C@@H]1O[C@@H]1O[C@H](CO)[C@H](O)[C@H](O)[C@H]1O. The van der Waals surface area contributed by atoms with Gasteiger partial charge in [0.1, 0.15) is 42.7 Å². The molecule has 10 atom stereocenters. The van der Waals surface area contributed by atoms with Gasteiger partial charge in [0.25, 0.3) is 0 Å². The van der Waals surface area contributed by atoms with Crippen LogP contribution in [-0.4, -0.2) is 110 Å². The molecule has 136 valence electrons. The summed E-state index contributed by atoms with van der Waals surface area (Å²) < 4.78 is 15.4. The summed E-state index contributed by atoms with van der Waals surface area (Å²) >= 11 is 0. The van der Waals surface area contributed by atoms with E-state index in [9.17, 15) is 25.5 Å². The van der Waals surface area contributed by atoms with Crippen molar-refractivity contribution in [2.24, 2.45) is 5.73 Å². The first-order valence-electron chi connectivity index (χ1n) is 7.15. The molecule has 2 aliphatic rings. The summed E-state index contributed by atoms with van der Waals surface area (Å²) in [4.78, 5) is 0. The molecule has 2 fully saturated rings. The Morgan fingerprint density at radius 1 is 0.783 bits per heavy atom. The third-order valence-electron chi connectivity index (χ3n) is 4.06.